The van der Waals surface area contributed by atoms with Crippen molar-refractivity contribution < 1.29 is 27.4 Å². The van der Waals surface area contributed by atoms with Gasteiger partial charge in [-0.3, -0.25) is 19.4 Å². The van der Waals surface area contributed by atoms with E-state index in [1.807, 2.05) is 0 Å². The number of aromatic nitrogens is 2. The van der Waals surface area contributed by atoms with Crippen LogP contribution >= 0.6 is 11.3 Å². The third-order valence-corrected chi connectivity index (χ3v) is 5.40. The molecule has 2 N–H and O–H groups in total. The van der Waals surface area contributed by atoms with E-state index in [9.17, 15) is 27.6 Å². The van der Waals surface area contributed by atoms with Crippen LogP contribution in [0.1, 0.15) is 31.2 Å². The maximum absolute atomic E-state index is 13.0. The number of halogens is 3. The van der Waals surface area contributed by atoms with E-state index in [4.69, 9.17) is 9.47 Å². The van der Waals surface area contributed by atoms with Crippen molar-refractivity contribution in [2.75, 3.05) is 13.7 Å². The normalized spacial score (nSPS) is 12.4. The molecule has 0 fully saturated rings. The summed E-state index contributed by atoms with van der Waals surface area (Å²) in [6.45, 7) is 5.12. The molecule has 0 saturated carbocycles. The van der Waals surface area contributed by atoms with Crippen LogP contribution < -0.4 is 22.1 Å². The molecule has 9 nitrogen and oxygen atoms in total. The van der Waals surface area contributed by atoms with E-state index in [1.54, 1.807) is 27.7 Å². The van der Waals surface area contributed by atoms with E-state index in [0.29, 0.717) is 10.4 Å². The lowest BCUT2D eigenvalue weighted by atomic mass is 10.2. The molecule has 0 atom stereocenters. The van der Waals surface area contributed by atoms with Crippen LogP contribution in [-0.4, -0.2) is 40.7 Å². The number of hydrazine groups is 1. The molecule has 174 valence electrons. The fraction of sp³-hybridized carbons (Fsp3) is 0.611. The van der Waals surface area contributed by atoms with Crippen LogP contribution in [0.4, 0.5) is 18.0 Å². The number of rotatable bonds is 7. The van der Waals surface area contributed by atoms with Crippen LogP contribution in [0.2, 0.25) is 0 Å². The Morgan fingerprint density at radius 2 is 1.81 bits per heavy atom. The number of nitrogens with one attached hydrogen (secondary N) is 2. The van der Waals surface area contributed by atoms with E-state index < -0.39 is 35.7 Å². The average Bonchev–Trinajstić information content (AvgIpc) is 2.93. The molecule has 0 spiro atoms. The number of hydrogen-bond acceptors (Lipinski definition) is 7. The summed E-state index contributed by atoms with van der Waals surface area (Å²) in [6, 6.07) is 0. The average molecular weight is 466 g/mol. The number of amides is 1. The summed E-state index contributed by atoms with van der Waals surface area (Å²) in [5.41, 5.74) is 2.68. The first kappa shape index (κ1) is 24.9. The molecule has 0 unspecified atom stereocenters. The summed E-state index contributed by atoms with van der Waals surface area (Å²) in [6.07, 6.45) is -5.45. The first-order valence-corrected chi connectivity index (χ1v) is 10.1. The Morgan fingerprint density at radius 1 is 1.16 bits per heavy atom. The van der Waals surface area contributed by atoms with Crippen molar-refractivity contribution in [1.82, 2.24) is 20.0 Å². The lowest BCUT2D eigenvalue weighted by Crippen LogP contribution is -2.43. The van der Waals surface area contributed by atoms with Gasteiger partial charge < -0.3 is 9.47 Å². The second-order valence-corrected chi connectivity index (χ2v) is 8.83. The van der Waals surface area contributed by atoms with Gasteiger partial charge in [-0.05, 0) is 33.3 Å². The predicted octanol–water partition coefficient (Wildman–Crippen LogP) is 2.27. The number of ether oxygens (including phenoxy) is 2. The molecule has 2 aromatic heterocycles. The highest BCUT2D eigenvalue weighted by Crippen LogP contribution is 2.28. The molecule has 0 aliphatic heterocycles. The molecule has 0 aromatic carbocycles. The van der Waals surface area contributed by atoms with Gasteiger partial charge in [-0.1, -0.05) is 0 Å². The number of fused-ring (bicyclic) bond motifs is 1. The Kier molecular flexibility index (Phi) is 7.55. The van der Waals surface area contributed by atoms with Crippen molar-refractivity contribution in [2.24, 2.45) is 0 Å². The molecule has 31 heavy (non-hydrogen) atoms. The largest absolute Gasteiger partial charge is 0.443 e. The smallest absolute Gasteiger partial charge is 0.422 e. The number of carbonyl (C=O) groups is 1. The molecular weight excluding hydrogens is 441 g/mol. The van der Waals surface area contributed by atoms with Crippen molar-refractivity contribution in [1.29, 1.82) is 0 Å². The van der Waals surface area contributed by atoms with Crippen molar-refractivity contribution in [2.45, 2.75) is 59.1 Å². The Morgan fingerprint density at radius 3 is 2.35 bits per heavy atom. The van der Waals surface area contributed by atoms with Gasteiger partial charge in [-0.25, -0.2) is 15.0 Å². The van der Waals surface area contributed by atoms with E-state index >= 15 is 0 Å². The van der Waals surface area contributed by atoms with E-state index in [1.165, 1.54) is 7.11 Å². The van der Waals surface area contributed by atoms with E-state index in [0.717, 1.165) is 15.9 Å². The molecule has 2 rings (SSSR count). The summed E-state index contributed by atoms with van der Waals surface area (Å²) in [5, 5.41) is 0.0269. The number of thiophene rings is 1. The van der Waals surface area contributed by atoms with Crippen LogP contribution in [-0.2, 0) is 29.1 Å². The zero-order chi connectivity index (χ0) is 23.6. The Hall–Kier alpha value is -2.38. The number of hydrogen-bond donors (Lipinski definition) is 2. The van der Waals surface area contributed by atoms with Crippen molar-refractivity contribution in [3.8, 4) is 0 Å². The highest BCUT2D eigenvalue weighted by Gasteiger charge is 2.31. The molecule has 2 aromatic rings. The molecule has 0 aliphatic rings. The van der Waals surface area contributed by atoms with Crippen molar-refractivity contribution in [3.05, 3.63) is 31.3 Å². The van der Waals surface area contributed by atoms with Crippen molar-refractivity contribution >= 4 is 27.6 Å². The van der Waals surface area contributed by atoms with Gasteiger partial charge in [0.15, 0.2) is 0 Å². The highest BCUT2D eigenvalue weighted by atomic mass is 32.1. The second-order valence-electron chi connectivity index (χ2n) is 7.74. The van der Waals surface area contributed by atoms with Gasteiger partial charge in [-0.2, -0.15) is 13.2 Å². The van der Waals surface area contributed by atoms with Gasteiger partial charge in [0.05, 0.1) is 18.5 Å². The van der Waals surface area contributed by atoms with Gasteiger partial charge >= 0.3 is 18.0 Å². The number of aryl methyl sites for hydroxylation is 1. The Balaban J connectivity index is 2.44. The summed E-state index contributed by atoms with van der Waals surface area (Å²) >= 11 is 1.08. The maximum atomic E-state index is 13.0. The summed E-state index contributed by atoms with van der Waals surface area (Å²) < 4.78 is 50.2. The zero-order valence-electron chi connectivity index (χ0n) is 17.8. The van der Waals surface area contributed by atoms with E-state index in [-0.39, 0.29) is 34.5 Å². The Labute approximate surface area is 179 Å². The third-order valence-electron chi connectivity index (χ3n) is 4.09. The van der Waals surface area contributed by atoms with Crippen LogP contribution in [0.3, 0.4) is 0 Å². The fourth-order valence-electron chi connectivity index (χ4n) is 2.81. The molecule has 2 heterocycles. The molecule has 0 bridgehead atoms. The molecular formula is C18H25F3N4O5S. The molecule has 13 heteroatoms. The quantitative estimate of drug-likeness (QED) is 0.607. The summed E-state index contributed by atoms with van der Waals surface area (Å²) in [7, 11) is 1.39. The van der Waals surface area contributed by atoms with Crippen LogP contribution in [0.15, 0.2) is 9.59 Å². The minimum atomic E-state index is -4.73. The van der Waals surface area contributed by atoms with E-state index in [2.05, 4.69) is 10.9 Å². The van der Waals surface area contributed by atoms with Gasteiger partial charge in [0.2, 0.25) is 0 Å². The molecule has 1 amide bonds. The van der Waals surface area contributed by atoms with Gasteiger partial charge in [0, 0.05) is 18.5 Å². The molecule has 0 radical (unpaired) electrons. The zero-order valence-corrected chi connectivity index (χ0v) is 18.6. The summed E-state index contributed by atoms with van der Waals surface area (Å²) in [5.74, 6) is 0. The van der Waals surface area contributed by atoms with Gasteiger partial charge in [-0.15, -0.1) is 11.3 Å². The maximum Gasteiger partial charge on any atom is 0.422 e. The number of nitrogens with zero attached hydrogens (tertiary/aromatic N) is 2. The fourth-order valence-corrected chi connectivity index (χ4v) is 4.06. The first-order valence-electron chi connectivity index (χ1n) is 9.28. The lowest BCUT2D eigenvalue weighted by Gasteiger charge is -2.19. The van der Waals surface area contributed by atoms with Crippen LogP contribution in [0.5, 0.6) is 0 Å². The second kappa shape index (κ2) is 9.40. The third kappa shape index (κ3) is 6.31. The predicted molar refractivity (Wildman–Crippen MR) is 109 cm³/mol. The van der Waals surface area contributed by atoms with Crippen LogP contribution in [0.25, 0.3) is 10.2 Å². The van der Waals surface area contributed by atoms with Crippen molar-refractivity contribution in [3.63, 3.8) is 0 Å². The van der Waals surface area contributed by atoms with Gasteiger partial charge in [0.1, 0.15) is 17.0 Å². The Bertz CT molecular complexity index is 1070. The minimum absolute atomic E-state index is 0.0209. The highest BCUT2D eigenvalue weighted by molar-refractivity contribution is 7.18. The molecule has 0 saturated heterocycles. The number of alkyl halides is 3. The topological polar surface area (TPSA) is 104 Å². The first-order chi connectivity index (χ1) is 14.2. The monoisotopic (exact) mass is 466 g/mol. The number of carbonyl (C=O) groups excluding carboxylic acids is 1. The number of methoxy groups -OCH3 is 1. The lowest BCUT2D eigenvalue weighted by molar-refractivity contribution is -0.141. The molecule has 0 aliphatic carbocycles. The minimum Gasteiger partial charge on any atom is -0.443 e. The van der Waals surface area contributed by atoms with Gasteiger partial charge in [0.25, 0.3) is 5.56 Å². The van der Waals surface area contributed by atoms with Crippen LogP contribution in [0, 0.1) is 6.92 Å². The SMILES string of the molecule is COCCn1c(=O)n(CC(F)(F)F)c(=O)c2c(C)c(CNNC(=O)OC(C)(C)C)sc21. The summed E-state index contributed by atoms with van der Waals surface area (Å²) in [4.78, 5) is 37.9. The standard InChI is InChI=1S/C18H25F3N4O5S/c1-10-11(8-22-23-15(27)30-17(2,3)4)31-14-12(10)13(26)25(9-18(19,20)21)16(28)24(14)6-7-29-5/h22H,6-9H2,1-5H3,(H,23,27).